The van der Waals surface area contributed by atoms with E-state index in [0.717, 1.165) is 12.7 Å². The highest BCUT2D eigenvalue weighted by Gasteiger charge is 2.18. The standard InChI is InChI=1S/C6H5NO.C4H7NO/c8-5-6-2-1-3-7-4-6;6-3-5-4-1-2-4/h1-5H;3-4H,1-2H2,(H,5,6). The van der Waals surface area contributed by atoms with Gasteiger partial charge in [0.2, 0.25) is 6.41 Å². The molecule has 1 aliphatic carbocycles. The van der Waals surface area contributed by atoms with E-state index < -0.39 is 0 Å². The van der Waals surface area contributed by atoms with Crippen LogP contribution in [0.1, 0.15) is 23.2 Å². The van der Waals surface area contributed by atoms with Crippen LogP contribution < -0.4 is 5.32 Å². The lowest BCUT2D eigenvalue weighted by Gasteiger charge is -1.82. The molecule has 0 aliphatic heterocycles. The number of nitrogens with one attached hydrogen (secondary N) is 1. The topological polar surface area (TPSA) is 59.1 Å². The molecular weight excluding hydrogens is 180 g/mol. The van der Waals surface area contributed by atoms with Gasteiger partial charge in [0.1, 0.15) is 0 Å². The maximum Gasteiger partial charge on any atom is 0.207 e. The van der Waals surface area contributed by atoms with E-state index in [1.54, 1.807) is 18.3 Å². The Labute approximate surface area is 82.3 Å². The predicted molar refractivity (Wildman–Crippen MR) is 51.8 cm³/mol. The Bertz CT molecular complexity index is 283. The van der Waals surface area contributed by atoms with Crippen LogP contribution in [-0.2, 0) is 4.79 Å². The zero-order valence-electron chi connectivity index (χ0n) is 7.72. The number of nitrogens with zero attached hydrogens (tertiary/aromatic N) is 1. The first-order chi connectivity index (χ1) is 6.86. The number of hydrogen-bond donors (Lipinski definition) is 1. The number of hydrogen-bond acceptors (Lipinski definition) is 3. The molecule has 1 N–H and O–H groups in total. The lowest BCUT2D eigenvalue weighted by molar-refractivity contribution is -0.109. The molecule has 14 heavy (non-hydrogen) atoms. The summed E-state index contributed by atoms with van der Waals surface area (Å²) in [7, 11) is 0. The van der Waals surface area contributed by atoms with Crippen molar-refractivity contribution in [2.24, 2.45) is 0 Å². The minimum atomic E-state index is 0.530. The molecule has 0 saturated heterocycles. The average molecular weight is 192 g/mol. The van der Waals surface area contributed by atoms with Gasteiger partial charge >= 0.3 is 0 Å². The molecule has 2 rings (SSSR count). The van der Waals surface area contributed by atoms with Gasteiger partial charge in [0.25, 0.3) is 0 Å². The van der Waals surface area contributed by atoms with Crippen LogP contribution >= 0.6 is 0 Å². The van der Waals surface area contributed by atoms with Crippen LogP contribution in [0, 0.1) is 0 Å². The molecular formula is C10H12N2O2. The molecule has 0 spiro atoms. The third-order valence-electron chi connectivity index (χ3n) is 1.70. The van der Waals surface area contributed by atoms with Crippen molar-refractivity contribution in [2.75, 3.05) is 0 Å². The zero-order chi connectivity index (χ0) is 10.2. The van der Waals surface area contributed by atoms with Crippen molar-refractivity contribution in [1.82, 2.24) is 10.3 Å². The van der Waals surface area contributed by atoms with Gasteiger partial charge in [0.05, 0.1) is 0 Å². The van der Waals surface area contributed by atoms with E-state index in [-0.39, 0.29) is 0 Å². The Morgan fingerprint density at radius 1 is 1.43 bits per heavy atom. The van der Waals surface area contributed by atoms with Crippen LogP contribution in [0.4, 0.5) is 0 Å². The minimum absolute atomic E-state index is 0.530. The quantitative estimate of drug-likeness (QED) is 0.720. The second kappa shape index (κ2) is 5.85. The molecule has 1 aromatic heterocycles. The van der Waals surface area contributed by atoms with Crippen LogP contribution in [0.15, 0.2) is 24.5 Å². The number of pyridine rings is 1. The number of aromatic nitrogens is 1. The van der Waals surface area contributed by atoms with Gasteiger partial charge in [0, 0.05) is 24.0 Å². The summed E-state index contributed by atoms with van der Waals surface area (Å²) < 4.78 is 0. The van der Waals surface area contributed by atoms with Gasteiger partial charge in [-0.25, -0.2) is 0 Å². The summed E-state index contributed by atoms with van der Waals surface area (Å²) in [6.45, 7) is 0. The third kappa shape index (κ3) is 4.35. The summed E-state index contributed by atoms with van der Waals surface area (Å²) in [5.74, 6) is 0. The zero-order valence-corrected chi connectivity index (χ0v) is 7.72. The first kappa shape index (κ1) is 10.4. The van der Waals surface area contributed by atoms with E-state index in [0.29, 0.717) is 11.6 Å². The van der Waals surface area contributed by atoms with Crippen molar-refractivity contribution in [1.29, 1.82) is 0 Å². The SMILES string of the molecule is O=CNC1CC1.O=Cc1cccnc1. The highest BCUT2D eigenvalue weighted by atomic mass is 16.1. The van der Waals surface area contributed by atoms with Crippen LogP contribution in [0.25, 0.3) is 0 Å². The summed E-state index contributed by atoms with van der Waals surface area (Å²) in [4.78, 5) is 23.2. The molecule has 0 radical (unpaired) electrons. The molecule has 0 aromatic carbocycles. The fourth-order valence-electron chi connectivity index (χ4n) is 0.792. The van der Waals surface area contributed by atoms with E-state index in [2.05, 4.69) is 10.3 Å². The van der Waals surface area contributed by atoms with Crippen molar-refractivity contribution >= 4 is 12.7 Å². The highest BCUT2D eigenvalue weighted by molar-refractivity contribution is 5.73. The third-order valence-corrected chi connectivity index (χ3v) is 1.70. The monoisotopic (exact) mass is 192 g/mol. The molecule has 1 aromatic rings. The summed E-state index contributed by atoms with van der Waals surface area (Å²) >= 11 is 0. The molecule has 0 bridgehead atoms. The Hall–Kier alpha value is -1.71. The number of aldehydes is 1. The van der Waals surface area contributed by atoms with Gasteiger partial charge < -0.3 is 5.32 Å². The Kier molecular flexibility index (Phi) is 4.34. The van der Waals surface area contributed by atoms with Crippen molar-refractivity contribution in [3.63, 3.8) is 0 Å². The molecule has 74 valence electrons. The van der Waals surface area contributed by atoms with Crippen LogP contribution in [0.2, 0.25) is 0 Å². The largest absolute Gasteiger partial charge is 0.356 e. The normalized spacial score (nSPS) is 13.4. The van der Waals surface area contributed by atoms with Crippen molar-refractivity contribution in [3.05, 3.63) is 30.1 Å². The summed E-state index contributed by atoms with van der Waals surface area (Å²) in [6.07, 6.45) is 7.04. The summed E-state index contributed by atoms with van der Waals surface area (Å²) in [5, 5.41) is 2.64. The maximum atomic E-state index is 9.97. The molecule has 1 amide bonds. The number of carbonyl (C=O) groups is 2. The van der Waals surface area contributed by atoms with Crippen LogP contribution in [0.3, 0.4) is 0 Å². The van der Waals surface area contributed by atoms with Gasteiger partial charge in [-0.05, 0) is 25.0 Å². The molecule has 4 nitrogen and oxygen atoms in total. The first-order valence-corrected chi connectivity index (χ1v) is 4.41. The molecule has 1 heterocycles. The van der Waals surface area contributed by atoms with Crippen LogP contribution in [-0.4, -0.2) is 23.7 Å². The summed E-state index contributed by atoms with van der Waals surface area (Å²) in [6, 6.07) is 3.96. The van der Waals surface area contributed by atoms with Crippen molar-refractivity contribution < 1.29 is 9.59 Å². The fraction of sp³-hybridized carbons (Fsp3) is 0.300. The average Bonchev–Trinajstić information content (AvgIpc) is 3.05. The number of carbonyl (C=O) groups excluding carboxylic acids is 2. The molecule has 4 heteroatoms. The highest BCUT2D eigenvalue weighted by Crippen LogP contribution is 2.17. The van der Waals surface area contributed by atoms with E-state index >= 15 is 0 Å². The van der Waals surface area contributed by atoms with Crippen molar-refractivity contribution in [2.45, 2.75) is 18.9 Å². The van der Waals surface area contributed by atoms with E-state index in [1.807, 2.05) is 0 Å². The van der Waals surface area contributed by atoms with Crippen LogP contribution in [0.5, 0.6) is 0 Å². The molecule has 0 unspecified atom stereocenters. The summed E-state index contributed by atoms with van der Waals surface area (Å²) in [5.41, 5.74) is 0.618. The Balaban J connectivity index is 0.000000146. The lowest BCUT2D eigenvalue weighted by atomic mass is 10.3. The van der Waals surface area contributed by atoms with Crippen molar-refractivity contribution in [3.8, 4) is 0 Å². The fourth-order valence-corrected chi connectivity index (χ4v) is 0.792. The van der Waals surface area contributed by atoms with Gasteiger partial charge in [0.15, 0.2) is 6.29 Å². The number of rotatable bonds is 3. The first-order valence-electron chi connectivity index (χ1n) is 4.41. The van der Waals surface area contributed by atoms with E-state index in [4.69, 9.17) is 0 Å². The van der Waals surface area contributed by atoms with Gasteiger partial charge in [-0.1, -0.05) is 0 Å². The predicted octanol–water partition coefficient (Wildman–Crippen LogP) is 0.789. The molecule has 1 saturated carbocycles. The van der Waals surface area contributed by atoms with Gasteiger partial charge in [-0.2, -0.15) is 0 Å². The second-order valence-electron chi connectivity index (χ2n) is 2.96. The van der Waals surface area contributed by atoms with Gasteiger partial charge in [-0.3, -0.25) is 14.6 Å². The number of amides is 1. The lowest BCUT2D eigenvalue weighted by Crippen LogP contribution is -2.11. The minimum Gasteiger partial charge on any atom is -0.356 e. The Morgan fingerprint density at radius 2 is 2.21 bits per heavy atom. The maximum absolute atomic E-state index is 9.97. The van der Waals surface area contributed by atoms with E-state index in [1.165, 1.54) is 19.0 Å². The van der Waals surface area contributed by atoms with E-state index in [9.17, 15) is 9.59 Å². The smallest absolute Gasteiger partial charge is 0.207 e. The Morgan fingerprint density at radius 3 is 2.50 bits per heavy atom. The van der Waals surface area contributed by atoms with Gasteiger partial charge in [-0.15, -0.1) is 0 Å². The molecule has 0 atom stereocenters. The molecule has 1 fully saturated rings. The molecule has 1 aliphatic rings. The second-order valence-corrected chi connectivity index (χ2v) is 2.96.